The van der Waals surface area contributed by atoms with Crippen molar-refractivity contribution < 1.29 is 18.0 Å². The highest BCUT2D eigenvalue weighted by atomic mass is 35.5. The molecule has 2 rings (SSSR count). The molecule has 1 N–H and O–H groups in total. The molecule has 0 spiro atoms. The van der Waals surface area contributed by atoms with E-state index < -0.39 is 28.5 Å². The lowest BCUT2D eigenvalue weighted by atomic mass is 10.1. The summed E-state index contributed by atoms with van der Waals surface area (Å²) in [6, 6.07) is 13.1. The van der Waals surface area contributed by atoms with Gasteiger partial charge in [-0.25, -0.2) is 8.42 Å². The highest BCUT2D eigenvalue weighted by Gasteiger charge is 2.30. The maximum Gasteiger partial charge on any atom is 0.244 e. The molecule has 0 fully saturated rings. The van der Waals surface area contributed by atoms with Gasteiger partial charge in [0, 0.05) is 18.1 Å². The number of rotatable bonds is 10. The van der Waals surface area contributed by atoms with Gasteiger partial charge in [-0.05, 0) is 49.6 Å². The molecule has 0 bridgehead atoms. The minimum atomic E-state index is -3.76. The molecule has 0 radical (unpaired) electrons. The van der Waals surface area contributed by atoms with E-state index in [2.05, 4.69) is 5.32 Å². The number of anilines is 1. The molecule has 0 aliphatic rings. The zero-order chi connectivity index (χ0) is 24.8. The van der Waals surface area contributed by atoms with Gasteiger partial charge in [0.2, 0.25) is 21.8 Å². The lowest BCUT2D eigenvalue weighted by Crippen LogP contribution is -2.51. The van der Waals surface area contributed by atoms with E-state index in [1.165, 1.54) is 4.90 Å². The van der Waals surface area contributed by atoms with Crippen LogP contribution in [0.5, 0.6) is 0 Å². The van der Waals surface area contributed by atoms with Gasteiger partial charge in [-0.15, -0.1) is 0 Å². The summed E-state index contributed by atoms with van der Waals surface area (Å²) < 4.78 is 26.0. The summed E-state index contributed by atoms with van der Waals surface area (Å²) in [6.07, 6.45) is 1.04. The number of hydrogen-bond donors (Lipinski definition) is 1. The molecule has 0 heterocycles. The molecule has 2 aromatic carbocycles. The normalized spacial score (nSPS) is 12.3. The lowest BCUT2D eigenvalue weighted by Gasteiger charge is -2.31. The summed E-state index contributed by atoms with van der Waals surface area (Å²) in [4.78, 5) is 27.6. The molecule has 0 saturated carbocycles. The Kier molecular flexibility index (Phi) is 9.31. The van der Waals surface area contributed by atoms with E-state index in [1.807, 2.05) is 45.0 Å². The average Bonchev–Trinajstić information content (AvgIpc) is 2.73. The van der Waals surface area contributed by atoms with Crippen molar-refractivity contribution in [1.29, 1.82) is 0 Å². The number of benzene rings is 2. The van der Waals surface area contributed by atoms with E-state index in [9.17, 15) is 18.0 Å². The van der Waals surface area contributed by atoms with Gasteiger partial charge in [0.1, 0.15) is 12.6 Å². The molecule has 180 valence electrons. The number of halogens is 1. The molecule has 0 unspecified atom stereocenters. The third kappa shape index (κ3) is 8.05. The van der Waals surface area contributed by atoms with Crippen LogP contribution >= 0.6 is 11.6 Å². The van der Waals surface area contributed by atoms with Crippen LogP contribution in [-0.4, -0.2) is 50.5 Å². The highest BCUT2D eigenvalue weighted by molar-refractivity contribution is 7.92. The minimum absolute atomic E-state index is 0.176. The number of carbonyl (C=O) groups excluding carboxylic acids is 2. The van der Waals surface area contributed by atoms with Crippen molar-refractivity contribution in [2.24, 2.45) is 5.92 Å². The Balaban J connectivity index is 2.35. The Bertz CT molecular complexity index is 1070. The highest BCUT2D eigenvalue weighted by Crippen LogP contribution is 2.21. The first-order valence-corrected chi connectivity index (χ1v) is 13.0. The Morgan fingerprint density at radius 2 is 1.70 bits per heavy atom. The molecular formula is C24H32ClN3O4S. The molecule has 0 aliphatic carbocycles. The van der Waals surface area contributed by atoms with Gasteiger partial charge in [0.05, 0.1) is 11.9 Å². The first-order chi connectivity index (χ1) is 15.4. The van der Waals surface area contributed by atoms with Crippen LogP contribution in [0.2, 0.25) is 5.02 Å². The van der Waals surface area contributed by atoms with Gasteiger partial charge in [0.15, 0.2) is 0 Å². The van der Waals surface area contributed by atoms with Crippen molar-refractivity contribution in [3.63, 3.8) is 0 Å². The van der Waals surface area contributed by atoms with Crippen LogP contribution in [0.1, 0.15) is 31.9 Å². The Hall–Kier alpha value is -2.58. The molecule has 2 amide bonds. The SMILES string of the molecule is Cc1cccc(CN(C(=O)CN(c2ccc(Cl)cc2)S(C)(=O)=O)[C@H](C)C(=O)NCC(C)C)c1. The summed E-state index contributed by atoms with van der Waals surface area (Å²) in [5, 5.41) is 3.31. The van der Waals surface area contributed by atoms with Crippen molar-refractivity contribution in [2.45, 2.75) is 40.3 Å². The molecule has 0 saturated heterocycles. The van der Waals surface area contributed by atoms with Gasteiger partial charge in [0.25, 0.3) is 0 Å². The average molecular weight is 494 g/mol. The van der Waals surface area contributed by atoms with Crippen LogP contribution in [-0.2, 0) is 26.2 Å². The third-order valence-electron chi connectivity index (χ3n) is 5.08. The Morgan fingerprint density at radius 3 is 2.24 bits per heavy atom. The number of hydrogen-bond acceptors (Lipinski definition) is 4. The second kappa shape index (κ2) is 11.5. The fraction of sp³-hybridized carbons (Fsp3) is 0.417. The predicted molar refractivity (Wildman–Crippen MR) is 133 cm³/mol. The van der Waals surface area contributed by atoms with Gasteiger partial charge < -0.3 is 10.2 Å². The van der Waals surface area contributed by atoms with Crippen LogP contribution in [0.4, 0.5) is 5.69 Å². The van der Waals surface area contributed by atoms with Crippen molar-refractivity contribution >= 4 is 39.1 Å². The fourth-order valence-corrected chi connectivity index (χ4v) is 4.24. The summed E-state index contributed by atoms with van der Waals surface area (Å²) in [6.45, 7) is 7.78. The lowest BCUT2D eigenvalue weighted by molar-refractivity contribution is -0.139. The van der Waals surface area contributed by atoms with Gasteiger partial charge in [-0.1, -0.05) is 55.3 Å². The van der Waals surface area contributed by atoms with Crippen molar-refractivity contribution in [3.05, 3.63) is 64.7 Å². The summed E-state index contributed by atoms with van der Waals surface area (Å²) in [5.74, 6) is -0.515. The largest absolute Gasteiger partial charge is 0.354 e. The number of sulfonamides is 1. The van der Waals surface area contributed by atoms with Crippen molar-refractivity contribution in [2.75, 3.05) is 23.7 Å². The van der Waals surface area contributed by atoms with Gasteiger partial charge >= 0.3 is 0 Å². The molecule has 33 heavy (non-hydrogen) atoms. The van der Waals surface area contributed by atoms with Crippen LogP contribution < -0.4 is 9.62 Å². The van der Waals surface area contributed by atoms with Gasteiger partial charge in [-0.2, -0.15) is 0 Å². The fourth-order valence-electron chi connectivity index (χ4n) is 3.26. The minimum Gasteiger partial charge on any atom is -0.354 e. The van der Waals surface area contributed by atoms with Crippen LogP contribution in [0.15, 0.2) is 48.5 Å². The quantitative estimate of drug-likeness (QED) is 0.547. The monoisotopic (exact) mass is 493 g/mol. The van der Waals surface area contributed by atoms with E-state index in [1.54, 1.807) is 31.2 Å². The Labute approximate surface area is 201 Å². The van der Waals surface area contributed by atoms with Crippen molar-refractivity contribution in [3.8, 4) is 0 Å². The molecule has 2 aromatic rings. The van der Waals surface area contributed by atoms with E-state index in [0.717, 1.165) is 21.7 Å². The van der Waals surface area contributed by atoms with Crippen LogP contribution in [0.3, 0.4) is 0 Å². The molecule has 9 heteroatoms. The van der Waals surface area contributed by atoms with E-state index in [-0.39, 0.29) is 18.4 Å². The van der Waals surface area contributed by atoms with Crippen LogP contribution in [0, 0.1) is 12.8 Å². The standard InChI is InChI=1S/C24H32ClN3O4S/c1-17(2)14-26-24(30)19(4)27(15-20-8-6-7-18(3)13-20)23(29)16-28(33(5,31)32)22-11-9-21(25)10-12-22/h6-13,17,19H,14-16H2,1-5H3,(H,26,30)/t19-/m1/s1. The molecule has 0 aliphatic heterocycles. The number of amides is 2. The van der Waals surface area contributed by atoms with Crippen molar-refractivity contribution in [1.82, 2.24) is 10.2 Å². The zero-order valence-corrected chi connectivity index (χ0v) is 21.3. The summed E-state index contributed by atoms with van der Waals surface area (Å²) in [5.41, 5.74) is 2.20. The maximum atomic E-state index is 13.4. The first kappa shape index (κ1) is 26.7. The predicted octanol–water partition coefficient (Wildman–Crippen LogP) is 3.60. The molecular weight excluding hydrogens is 462 g/mol. The third-order valence-corrected chi connectivity index (χ3v) is 6.47. The summed E-state index contributed by atoms with van der Waals surface area (Å²) in [7, 11) is -3.76. The Morgan fingerprint density at radius 1 is 1.06 bits per heavy atom. The zero-order valence-electron chi connectivity index (χ0n) is 19.7. The first-order valence-electron chi connectivity index (χ1n) is 10.7. The maximum absolute atomic E-state index is 13.4. The van der Waals surface area contributed by atoms with E-state index in [0.29, 0.717) is 17.3 Å². The van der Waals surface area contributed by atoms with Crippen LogP contribution in [0.25, 0.3) is 0 Å². The van der Waals surface area contributed by atoms with E-state index >= 15 is 0 Å². The number of aryl methyl sites for hydroxylation is 1. The second-order valence-electron chi connectivity index (χ2n) is 8.57. The van der Waals surface area contributed by atoms with E-state index in [4.69, 9.17) is 11.6 Å². The number of nitrogens with zero attached hydrogens (tertiary/aromatic N) is 2. The summed E-state index contributed by atoms with van der Waals surface area (Å²) >= 11 is 5.93. The molecule has 1 atom stereocenters. The smallest absolute Gasteiger partial charge is 0.244 e. The topological polar surface area (TPSA) is 86.8 Å². The molecule has 0 aromatic heterocycles. The molecule has 7 nitrogen and oxygen atoms in total. The number of carbonyl (C=O) groups is 2. The number of nitrogens with one attached hydrogen (secondary N) is 1. The second-order valence-corrected chi connectivity index (χ2v) is 10.9. The van der Waals surface area contributed by atoms with Gasteiger partial charge in [-0.3, -0.25) is 13.9 Å².